The number of aryl methyl sites for hydroxylation is 1. The molecule has 7 heteroatoms. The van der Waals surface area contributed by atoms with Crippen molar-refractivity contribution in [1.82, 2.24) is 19.7 Å². The normalized spacial score (nSPS) is 14.2. The van der Waals surface area contributed by atoms with Crippen molar-refractivity contribution in [3.8, 4) is 17.1 Å². The van der Waals surface area contributed by atoms with Gasteiger partial charge in [-0.25, -0.2) is 0 Å². The van der Waals surface area contributed by atoms with Crippen molar-refractivity contribution in [2.45, 2.75) is 12.1 Å². The Morgan fingerprint density at radius 2 is 1.75 bits per heavy atom. The molecule has 6 nitrogen and oxygen atoms in total. The molecule has 0 spiro atoms. The Hall–Kier alpha value is -2.64. The second kappa shape index (κ2) is 8.58. The minimum Gasteiger partial charge on any atom is -0.378 e. The van der Waals surface area contributed by atoms with Gasteiger partial charge in [-0.05, 0) is 19.1 Å². The van der Waals surface area contributed by atoms with Crippen molar-refractivity contribution < 1.29 is 9.53 Å². The number of aromatic nitrogens is 3. The van der Waals surface area contributed by atoms with Gasteiger partial charge < -0.3 is 9.64 Å². The molecular weight excluding hydrogens is 372 g/mol. The average Bonchev–Trinajstić information content (AvgIpc) is 3.17. The van der Waals surface area contributed by atoms with Crippen LogP contribution in [0.5, 0.6) is 0 Å². The number of benzene rings is 2. The second-order valence-corrected chi connectivity index (χ2v) is 7.57. The van der Waals surface area contributed by atoms with Crippen LogP contribution in [0.2, 0.25) is 0 Å². The van der Waals surface area contributed by atoms with Crippen molar-refractivity contribution in [2.75, 3.05) is 32.1 Å². The molecule has 4 rings (SSSR count). The van der Waals surface area contributed by atoms with E-state index in [1.54, 1.807) is 0 Å². The van der Waals surface area contributed by atoms with Crippen molar-refractivity contribution in [2.24, 2.45) is 0 Å². The van der Waals surface area contributed by atoms with Crippen LogP contribution in [0.4, 0.5) is 0 Å². The van der Waals surface area contributed by atoms with Gasteiger partial charge in [0.1, 0.15) is 0 Å². The van der Waals surface area contributed by atoms with Crippen molar-refractivity contribution >= 4 is 17.7 Å². The number of morpholine rings is 1. The van der Waals surface area contributed by atoms with Gasteiger partial charge in [-0.2, -0.15) is 0 Å². The molecule has 144 valence electrons. The highest BCUT2D eigenvalue weighted by Crippen LogP contribution is 2.28. The lowest BCUT2D eigenvalue weighted by Crippen LogP contribution is -2.41. The monoisotopic (exact) mass is 394 g/mol. The first kappa shape index (κ1) is 18.7. The Labute approximate surface area is 168 Å². The summed E-state index contributed by atoms with van der Waals surface area (Å²) in [6.45, 7) is 4.57. The van der Waals surface area contributed by atoms with Gasteiger partial charge in [-0.15, -0.1) is 10.2 Å². The molecule has 1 amide bonds. The number of carbonyl (C=O) groups is 1. The summed E-state index contributed by atoms with van der Waals surface area (Å²) in [4.78, 5) is 14.4. The first-order valence-electron chi connectivity index (χ1n) is 9.28. The number of amides is 1. The molecule has 3 aromatic rings. The molecule has 1 saturated heterocycles. The van der Waals surface area contributed by atoms with Gasteiger partial charge in [0.15, 0.2) is 11.0 Å². The van der Waals surface area contributed by atoms with Crippen LogP contribution in [0.15, 0.2) is 59.8 Å². The minimum absolute atomic E-state index is 0.104. The Morgan fingerprint density at radius 3 is 2.46 bits per heavy atom. The fraction of sp³-hybridized carbons (Fsp3) is 0.286. The number of thioether (sulfide) groups is 1. The minimum atomic E-state index is 0.104. The van der Waals surface area contributed by atoms with E-state index < -0.39 is 0 Å². The van der Waals surface area contributed by atoms with Crippen molar-refractivity contribution in [3.63, 3.8) is 0 Å². The zero-order valence-corrected chi connectivity index (χ0v) is 16.6. The van der Waals surface area contributed by atoms with E-state index in [1.807, 2.05) is 51.9 Å². The van der Waals surface area contributed by atoms with E-state index in [2.05, 4.69) is 29.3 Å². The van der Waals surface area contributed by atoms with Gasteiger partial charge >= 0.3 is 0 Å². The molecule has 0 radical (unpaired) electrons. The van der Waals surface area contributed by atoms with Crippen molar-refractivity contribution in [3.05, 3.63) is 60.2 Å². The summed E-state index contributed by atoms with van der Waals surface area (Å²) in [5, 5.41) is 9.53. The first-order chi connectivity index (χ1) is 13.7. The molecule has 0 atom stereocenters. The molecule has 1 aliphatic heterocycles. The van der Waals surface area contributed by atoms with Crippen LogP contribution in [-0.2, 0) is 9.53 Å². The maximum absolute atomic E-state index is 12.5. The summed E-state index contributed by atoms with van der Waals surface area (Å²) < 4.78 is 7.34. The zero-order valence-electron chi connectivity index (χ0n) is 15.7. The van der Waals surface area contributed by atoms with E-state index in [0.717, 1.165) is 17.1 Å². The molecule has 28 heavy (non-hydrogen) atoms. The number of hydrogen-bond acceptors (Lipinski definition) is 5. The standard InChI is InChI=1S/C21H22N4O2S/c1-16-7-9-17(10-8-16)20-22-23-21(25(20)18-5-3-2-4-6-18)28-15-19(26)24-11-13-27-14-12-24/h2-10H,11-15H2,1H3. The quantitative estimate of drug-likeness (QED) is 0.622. The highest BCUT2D eigenvalue weighted by atomic mass is 32.2. The van der Waals surface area contributed by atoms with E-state index in [0.29, 0.717) is 37.2 Å². The first-order valence-corrected chi connectivity index (χ1v) is 10.3. The average molecular weight is 395 g/mol. The van der Waals surface area contributed by atoms with Gasteiger partial charge in [0, 0.05) is 24.3 Å². The Morgan fingerprint density at radius 1 is 1.04 bits per heavy atom. The van der Waals surface area contributed by atoms with Gasteiger partial charge in [0.2, 0.25) is 5.91 Å². The highest BCUT2D eigenvalue weighted by molar-refractivity contribution is 7.99. The summed E-state index contributed by atoms with van der Waals surface area (Å²) in [5.74, 6) is 1.21. The van der Waals surface area contributed by atoms with E-state index >= 15 is 0 Å². The van der Waals surface area contributed by atoms with Crippen LogP contribution in [0.25, 0.3) is 17.1 Å². The SMILES string of the molecule is Cc1ccc(-c2nnc(SCC(=O)N3CCOCC3)n2-c2ccccc2)cc1. The van der Waals surface area contributed by atoms with Crippen LogP contribution in [0, 0.1) is 6.92 Å². The molecule has 0 saturated carbocycles. The van der Waals surface area contributed by atoms with Gasteiger partial charge in [-0.3, -0.25) is 9.36 Å². The van der Waals surface area contributed by atoms with Gasteiger partial charge in [0.25, 0.3) is 0 Å². The van der Waals surface area contributed by atoms with E-state index in [9.17, 15) is 4.79 Å². The second-order valence-electron chi connectivity index (χ2n) is 6.63. The molecule has 0 bridgehead atoms. The third-order valence-corrected chi connectivity index (χ3v) is 5.56. The number of rotatable bonds is 5. The molecular formula is C21H22N4O2S. The number of ether oxygens (including phenoxy) is 1. The van der Waals surface area contributed by atoms with E-state index in [4.69, 9.17) is 4.74 Å². The molecule has 0 unspecified atom stereocenters. The number of nitrogens with zero attached hydrogens (tertiary/aromatic N) is 4. The topological polar surface area (TPSA) is 60.3 Å². The van der Waals surface area contributed by atoms with Crippen LogP contribution >= 0.6 is 11.8 Å². The summed E-state index contributed by atoms with van der Waals surface area (Å²) in [6, 6.07) is 18.2. The summed E-state index contributed by atoms with van der Waals surface area (Å²) in [6.07, 6.45) is 0. The van der Waals surface area contributed by atoms with Crippen LogP contribution in [0.3, 0.4) is 0 Å². The number of carbonyl (C=O) groups excluding carboxylic acids is 1. The molecule has 0 N–H and O–H groups in total. The molecule has 1 fully saturated rings. The summed E-state index contributed by atoms with van der Waals surface area (Å²) >= 11 is 1.42. The van der Waals surface area contributed by atoms with E-state index in [1.165, 1.54) is 17.3 Å². The third-order valence-electron chi connectivity index (χ3n) is 4.65. The Kier molecular flexibility index (Phi) is 5.73. The predicted octanol–water partition coefficient (Wildman–Crippen LogP) is 3.19. The van der Waals surface area contributed by atoms with Crippen LogP contribution in [0.1, 0.15) is 5.56 Å². The van der Waals surface area contributed by atoms with Crippen molar-refractivity contribution in [1.29, 1.82) is 0 Å². The molecule has 2 aromatic carbocycles. The lowest BCUT2D eigenvalue weighted by Gasteiger charge is -2.26. The smallest absolute Gasteiger partial charge is 0.233 e. The lowest BCUT2D eigenvalue weighted by molar-refractivity contribution is -0.132. The van der Waals surface area contributed by atoms with E-state index in [-0.39, 0.29) is 5.91 Å². The van der Waals surface area contributed by atoms with Crippen LogP contribution < -0.4 is 0 Å². The summed E-state index contributed by atoms with van der Waals surface area (Å²) in [7, 11) is 0. The highest BCUT2D eigenvalue weighted by Gasteiger charge is 2.20. The third kappa shape index (κ3) is 4.10. The lowest BCUT2D eigenvalue weighted by atomic mass is 10.1. The molecule has 1 aliphatic rings. The molecule has 1 aromatic heterocycles. The maximum Gasteiger partial charge on any atom is 0.233 e. The Balaban J connectivity index is 1.62. The predicted molar refractivity (Wildman–Crippen MR) is 110 cm³/mol. The Bertz CT molecular complexity index is 935. The van der Waals surface area contributed by atoms with Gasteiger partial charge in [0.05, 0.1) is 19.0 Å². The summed E-state index contributed by atoms with van der Waals surface area (Å²) in [5.41, 5.74) is 3.16. The number of para-hydroxylation sites is 1. The fourth-order valence-corrected chi connectivity index (χ4v) is 3.95. The van der Waals surface area contributed by atoms with Crippen LogP contribution in [-0.4, -0.2) is 57.6 Å². The zero-order chi connectivity index (χ0) is 19.3. The molecule has 2 heterocycles. The fourth-order valence-electron chi connectivity index (χ4n) is 3.09. The molecule has 0 aliphatic carbocycles. The van der Waals surface area contributed by atoms with Gasteiger partial charge in [-0.1, -0.05) is 59.8 Å². The number of hydrogen-bond donors (Lipinski definition) is 0. The maximum atomic E-state index is 12.5. The largest absolute Gasteiger partial charge is 0.378 e.